The van der Waals surface area contributed by atoms with Crippen molar-refractivity contribution < 1.29 is 0 Å². The van der Waals surface area contributed by atoms with Crippen LogP contribution >= 0.6 is 0 Å². The van der Waals surface area contributed by atoms with Crippen LogP contribution in [0, 0.1) is 0 Å². The Labute approximate surface area is 115 Å². The maximum atomic E-state index is 2.50. The molecule has 0 heterocycles. The molecule has 0 aromatic rings. The van der Waals surface area contributed by atoms with Crippen molar-refractivity contribution in [2.75, 3.05) is 0 Å². The van der Waals surface area contributed by atoms with Gasteiger partial charge < -0.3 is 0 Å². The normalized spacial score (nSPS) is 17.2. The van der Waals surface area contributed by atoms with E-state index in [1.807, 2.05) is 0 Å². The zero-order valence-electron chi connectivity index (χ0n) is 14.4. The molecule has 106 valence electrons. The van der Waals surface area contributed by atoms with Crippen LogP contribution in [-0.4, -0.2) is 18.2 Å². The third-order valence-electron chi connectivity index (χ3n) is 3.67. The van der Waals surface area contributed by atoms with E-state index in [0.717, 1.165) is 0 Å². The van der Waals surface area contributed by atoms with Gasteiger partial charge in [-0.05, 0) is 0 Å². The Morgan fingerprint density at radius 3 is 0.471 bits per heavy atom. The molecule has 0 unspecified atom stereocenters. The molecule has 0 bridgehead atoms. The molecule has 0 fully saturated rings. The average molecular weight is 356 g/mol. The molecule has 17 heavy (non-hydrogen) atoms. The van der Waals surface area contributed by atoms with Crippen molar-refractivity contribution in [3.63, 3.8) is 0 Å². The first-order valence-corrected chi connectivity index (χ1v) is 11.5. The van der Waals surface area contributed by atoms with Gasteiger partial charge in [-0.1, -0.05) is 0 Å². The van der Waals surface area contributed by atoms with Gasteiger partial charge in [-0.2, -0.15) is 0 Å². The van der Waals surface area contributed by atoms with E-state index < -0.39 is 18.2 Å². The average Bonchev–Trinajstić information content (AvgIpc) is 1.67. The standard InChI is InChI=1S/C16H36Te/c1-13(2,3)17(14(4,5)6,15(7,8)9)16(10,11)12/h1-12H3. The van der Waals surface area contributed by atoms with E-state index in [4.69, 9.17) is 0 Å². The summed E-state index contributed by atoms with van der Waals surface area (Å²) in [4.78, 5) is 0. The fourth-order valence-electron chi connectivity index (χ4n) is 5.51. The molecule has 1 heteroatoms. The zero-order valence-corrected chi connectivity index (χ0v) is 16.7. The number of hydrogen-bond acceptors (Lipinski definition) is 0. The van der Waals surface area contributed by atoms with Gasteiger partial charge in [-0.3, -0.25) is 0 Å². The summed E-state index contributed by atoms with van der Waals surface area (Å²) in [5.74, 6) is 0. The molecule has 0 spiro atoms. The van der Waals surface area contributed by atoms with Crippen LogP contribution in [0.15, 0.2) is 0 Å². The van der Waals surface area contributed by atoms with Crippen molar-refractivity contribution in [1.82, 2.24) is 0 Å². The summed E-state index contributed by atoms with van der Waals surface area (Å²) in [6, 6.07) is 0. The van der Waals surface area contributed by atoms with E-state index in [0.29, 0.717) is 13.9 Å². The summed E-state index contributed by atoms with van der Waals surface area (Å²) in [5, 5.41) is 0. The van der Waals surface area contributed by atoms with Crippen molar-refractivity contribution in [3.8, 4) is 0 Å². The molecule has 0 amide bonds. The monoisotopic (exact) mass is 358 g/mol. The molecule has 0 radical (unpaired) electrons. The van der Waals surface area contributed by atoms with E-state index >= 15 is 0 Å². The molecular formula is C16H36Te. The van der Waals surface area contributed by atoms with Gasteiger partial charge >= 0.3 is 115 Å². The SMILES string of the molecule is CC(C)(C)[Te](C(C)(C)C)(C(C)(C)C)C(C)(C)C. The van der Waals surface area contributed by atoms with Crippen molar-refractivity contribution >= 4 is 18.2 Å². The van der Waals surface area contributed by atoms with Crippen LogP contribution in [0.5, 0.6) is 0 Å². The van der Waals surface area contributed by atoms with Crippen LogP contribution in [0.25, 0.3) is 0 Å². The topological polar surface area (TPSA) is 0 Å². The second-order valence-electron chi connectivity index (χ2n) is 9.06. The van der Waals surface area contributed by atoms with Gasteiger partial charge in [0.15, 0.2) is 0 Å². The Balaban J connectivity index is 6.37. The number of hydrogen-bond donors (Lipinski definition) is 0. The van der Waals surface area contributed by atoms with Crippen LogP contribution in [0.4, 0.5) is 0 Å². The van der Waals surface area contributed by atoms with Crippen LogP contribution in [0.2, 0.25) is 13.9 Å². The summed E-state index contributed by atoms with van der Waals surface area (Å²) in [6.45, 7) is 30.0. The molecule has 0 aliphatic carbocycles. The number of rotatable bonds is 0. The summed E-state index contributed by atoms with van der Waals surface area (Å²) in [5.41, 5.74) is 0. The fraction of sp³-hybridized carbons (Fsp3) is 1.00. The summed E-state index contributed by atoms with van der Waals surface area (Å²) >= 11 is -2.28. The van der Waals surface area contributed by atoms with E-state index in [-0.39, 0.29) is 0 Å². The first-order valence-electron chi connectivity index (χ1n) is 6.82. The second-order valence-corrected chi connectivity index (χ2v) is 26.5. The fourth-order valence-corrected chi connectivity index (χ4v) is 37.0. The van der Waals surface area contributed by atoms with Crippen LogP contribution in [0.3, 0.4) is 0 Å². The predicted molar refractivity (Wildman–Crippen MR) is 84.6 cm³/mol. The van der Waals surface area contributed by atoms with Gasteiger partial charge in [0.1, 0.15) is 0 Å². The van der Waals surface area contributed by atoms with E-state index in [9.17, 15) is 0 Å². The zero-order chi connectivity index (χ0) is 14.5. The summed E-state index contributed by atoms with van der Waals surface area (Å²) in [7, 11) is 0. The first-order chi connectivity index (χ1) is 7.00. The Morgan fingerprint density at radius 1 is 0.353 bits per heavy atom. The quantitative estimate of drug-likeness (QED) is 0.427. The Bertz CT molecular complexity index is 198. The van der Waals surface area contributed by atoms with Gasteiger partial charge in [-0.15, -0.1) is 0 Å². The third-order valence-corrected chi connectivity index (χ3v) is 24.6. The Hall–Kier alpha value is 0.790. The minimum atomic E-state index is -2.28. The van der Waals surface area contributed by atoms with E-state index in [2.05, 4.69) is 83.1 Å². The maximum absolute atomic E-state index is 2.50. The Morgan fingerprint density at radius 2 is 0.471 bits per heavy atom. The predicted octanol–water partition coefficient (Wildman–Crippen LogP) is 6.64. The molecule has 0 rings (SSSR count). The molecule has 0 aromatic heterocycles. The molecular weight excluding hydrogens is 320 g/mol. The first kappa shape index (κ1) is 17.8. The van der Waals surface area contributed by atoms with Crippen molar-refractivity contribution in [2.24, 2.45) is 0 Å². The molecule has 0 N–H and O–H groups in total. The third kappa shape index (κ3) is 2.71. The van der Waals surface area contributed by atoms with Crippen LogP contribution < -0.4 is 0 Å². The molecule has 0 nitrogen and oxygen atoms in total. The van der Waals surface area contributed by atoms with E-state index in [1.54, 1.807) is 0 Å². The van der Waals surface area contributed by atoms with Crippen LogP contribution in [0.1, 0.15) is 83.1 Å². The summed E-state index contributed by atoms with van der Waals surface area (Å²) in [6.07, 6.45) is 0. The Kier molecular flexibility index (Phi) is 4.62. The molecule has 0 aliphatic rings. The molecule has 0 atom stereocenters. The minimum absolute atomic E-state index is 0.456. The van der Waals surface area contributed by atoms with Gasteiger partial charge in [0.2, 0.25) is 0 Å². The summed E-state index contributed by atoms with van der Waals surface area (Å²) < 4.78 is 1.82. The van der Waals surface area contributed by atoms with Gasteiger partial charge in [-0.25, -0.2) is 0 Å². The molecule has 0 saturated carbocycles. The van der Waals surface area contributed by atoms with Gasteiger partial charge in [0.05, 0.1) is 0 Å². The van der Waals surface area contributed by atoms with E-state index in [1.165, 1.54) is 0 Å². The van der Waals surface area contributed by atoms with Gasteiger partial charge in [0, 0.05) is 0 Å². The van der Waals surface area contributed by atoms with Crippen molar-refractivity contribution in [2.45, 2.75) is 96.9 Å². The molecule has 0 saturated heterocycles. The second kappa shape index (κ2) is 4.42. The van der Waals surface area contributed by atoms with Crippen molar-refractivity contribution in [1.29, 1.82) is 0 Å². The van der Waals surface area contributed by atoms with Crippen molar-refractivity contribution in [3.05, 3.63) is 0 Å². The van der Waals surface area contributed by atoms with Gasteiger partial charge in [0.25, 0.3) is 0 Å². The van der Waals surface area contributed by atoms with Crippen LogP contribution in [-0.2, 0) is 0 Å². The molecule has 0 aliphatic heterocycles. The molecule has 0 aromatic carbocycles.